The number of carbonyl (C=O) groups is 2. The molecular formula is C24H41NO5. The van der Waals surface area contributed by atoms with Crippen molar-refractivity contribution in [1.82, 2.24) is 0 Å². The third kappa shape index (κ3) is 12.6. The molecule has 0 radical (unpaired) electrons. The normalized spacial score (nSPS) is 11.2. The number of quaternary nitrogens is 1. The Hall–Kier alpha value is -1.92. The molecule has 30 heavy (non-hydrogen) atoms. The maximum Gasteiger partial charge on any atom is 0.335 e. The topological polar surface area (TPSA) is 97.7 Å². The number of nitrogens with zero attached hydrogens (tertiary/aromatic N) is 1. The number of carboxylic acids is 1. The van der Waals surface area contributed by atoms with Crippen molar-refractivity contribution in [3.63, 3.8) is 0 Å². The lowest BCUT2D eigenvalue weighted by atomic mass is 10.0. The lowest BCUT2D eigenvalue weighted by molar-refractivity contribution is -1.09. The number of Topliss-reactive ketones (excluding diaryl/α,β-unsaturated/α-hetero) is 1. The van der Waals surface area contributed by atoms with Gasteiger partial charge in [0.15, 0.2) is 5.78 Å². The Morgan fingerprint density at radius 2 is 1.43 bits per heavy atom. The minimum Gasteiger partial charge on any atom is -0.872 e. The number of carbonyl (C=O) groups excluding carboxylic acids is 1. The van der Waals surface area contributed by atoms with Gasteiger partial charge in [0.1, 0.15) is 6.04 Å². The van der Waals surface area contributed by atoms with E-state index in [2.05, 4.69) is 6.92 Å². The van der Waals surface area contributed by atoms with Crippen LogP contribution in [0, 0.1) is 0 Å². The Balaban J connectivity index is 0.00000103. The molecule has 0 atom stereocenters. The van der Waals surface area contributed by atoms with Gasteiger partial charge in [-0.15, -0.1) is 0 Å². The fraction of sp³-hybridized carbons (Fsp3) is 0.667. The number of hydrogen-bond acceptors (Lipinski definition) is 4. The van der Waals surface area contributed by atoms with Crippen LogP contribution in [0.5, 0.6) is 5.75 Å². The molecule has 0 saturated heterocycles. The molecule has 0 unspecified atom stereocenters. The second-order valence-electron chi connectivity index (χ2n) is 8.59. The highest BCUT2D eigenvalue weighted by molar-refractivity contribution is 5.99. The molecule has 0 aliphatic heterocycles. The maximum atomic E-state index is 12.0. The summed E-state index contributed by atoms with van der Waals surface area (Å²) >= 11 is 0. The number of hydroxylamine groups is 3. The summed E-state index contributed by atoms with van der Waals surface area (Å²) in [6, 6.07) is 4.07. The molecule has 0 saturated carbocycles. The molecule has 1 rings (SSSR count). The number of benzene rings is 1. The fourth-order valence-corrected chi connectivity index (χ4v) is 2.61. The van der Waals surface area contributed by atoms with Crippen LogP contribution in [0.3, 0.4) is 0 Å². The molecule has 6 heteroatoms. The van der Waals surface area contributed by atoms with E-state index in [1.165, 1.54) is 50.7 Å². The molecule has 172 valence electrons. The maximum absolute atomic E-state index is 12.0. The van der Waals surface area contributed by atoms with Crippen molar-refractivity contribution in [2.75, 3.05) is 14.1 Å². The van der Waals surface area contributed by atoms with Crippen molar-refractivity contribution < 1.29 is 29.7 Å². The quantitative estimate of drug-likeness (QED) is 0.191. The molecule has 2 N–H and O–H groups in total. The zero-order valence-corrected chi connectivity index (χ0v) is 19.4. The van der Waals surface area contributed by atoms with Gasteiger partial charge in [0, 0.05) is 12.0 Å². The molecular weight excluding hydrogens is 382 g/mol. The largest absolute Gasteiger partial charge is 0.872 e. The molecule has 1 aromatic carbocycles. The number of carboxylic acid groups (broad SMARTS) is 1. The average Bonchev–Trinajstić information content (AvgIpc) is 2.66. The van der Waals surface area contributed by atoms with Gasteiger partial charge in [0.2, 0.25) is 0 Å². The van der Waals surface area contributed by atoms with Gasteiger partial charge in [-0.3, -0.25) is 4.79 Å². The Kier molecular flexibility index (Phi) is 14.0. The number of ketones is 1. The van der Waals surface area contributed by atoms with Crippen molar-refractivity contribution in [2.45, 2.75) is 91.0 Å². The molecule has 0 fully saturated rings. The van der Waals surface area contributed by atoms with E-state index in [9.17, 15) is 14.7 Å². The van der Waals surface area contributed by atoms with E-state index in [0.717, 1.165) is 25.3 Å². The molecule has 0 aliphatic carbocycles. The molecule has 1 aromatic rings. The SMILES string of the molecule is CC(C)[N+](C)(C)O.CCCCCCCCCCCC(=O)c1ccc([O-])c(C(=O)O)c1. The predicted octanol–water partition coefficient (Wildman–Crippen LogP) is 5.42. The van der Waals surface area contributed by atoms with Crippen LogP contribution in [0.1, 0.15) is 106 Å². The molecule has 6 nitrogen and oxygen atoms in total. The van der Waals surface area contributed by atoms with Crippen LogP contribution in [-0.4, -0.2) is 46.8 Å². The molecule has 0 aliphatic rings. The highest BCUT2D eigenvalue weighted by Gasteiger charge is 2.14. The first-order chi connectivity index (χ1) is 14.0. The van der Waals surface area contributed by atoms with Gasteiger partial charge in [0.05, 0.1) is 19.7 Å². The van der Waals surface area contributed by atoms with E-state index < -0.39 is 11.7 Å². The number of unbranched alkanes of at least 4 members (excludes halogenated alkanes) is 8. The minimum atomic E-state index is -1.28. The summed E-state index contributed by atoms with van der Waals surface area (Å²) in [4.78, 5) is 23.0. The third-order valence-corrected chi connectivity index (χ3v) is 5.30. The number of aromatic carboxylic acids is 1. The zero-order chi connectivity index (χ0) is 23.2. The Labute approximate surface area is 182 Å². The summed E-state index contributed by atoms with van der Waals surface area (Å²) in [6.45, 7) is 6.15. The van der Waals surface area contributed by atoms with Gasteiger partial charge in [-0.25, -0.2) is 10.0 Å². The summed E-state index contributed by atoms with van der Waals surface area (Å²) < 4.78 is 0.0556. The van der Waals surface area contributed by atoms with Gasteiger partial charge in [-0.05, 0) is 26.3 Å². The lowest BCUT2D eigenvalue weighted by Crippen LogP contribution is -2.41. The predicted molar refractivity (Wildman–Crippen MR) is 118 cm³/mol. The van der Waals surface area contributed by atoms with Crippen LogP contribution >= 0.6 is 0 Å². The van der Waals surface area contributed by atoms with Crippen LogP contribution in [0.4, 0.5) is 0 Å². The fourth-order valence-electron chi connectivity index (χ4n) is 2.61. The van der Waals surface area contributed by atoms with E-state index in [0.29, 0.717) is 18.0 Å². The standard InChI is InChI=1S/C19H28O4.C5H14NO/c1-2-3-4-5-6-7-8-9-10-11-17(20)15-12-13-18(21)16(14-15)19(22)23;1-5(2)6(3,4)7/h12-14,21H,2-11H2,1H3,(H,22,23);5,7H,1-4H3/q;+1/p-1. The van der Waals surface area contributed by atoms with E-state index in [4.69, 9.17) is 10.3 Å². The lowest BCUT2D eigenvalue weighted by Gasteiger charge is -2.23. The van der Waals surface area contributed by atoms with Crippen molar-refractivity contribution in [3.8, 4) is 5.75 Å². The van der Waals surface area contributed by atoms with Crippen LogP contribution in [0.15, 0.2) is 18.2 Å². The second kappa shape index (κ2) is 15.0. The summed E-state index contributed by atoms with van der Waals surface area (Å²) in [5.74, 6) is -1.93. The van der Waals surface area contributed by atoms with Gasteiger partial charge in [-0.2, -0.15) is 4.65 Å². The van der Waals surface area contributed by atoms with Crippen molar-refractivity contribution >= 4 is 11.8 Å². The summed E-state index contributed by atoms with van der Waals surface area (Å²) in [7, 11) is 3.51. The van der Waals surface area contributed by atoms with Crippen LogP contribution in [0.25, 0.3) is 0 Å². The van der Waals surface area contributed by atoms with Gasteiger partial charge < -0.3 is 10.2 Å². The highest BCUT2D eigenvalue weighted by Crippen LogP contribution is 2.18. The van der Waals surface area contributed by atoms with Crippen LogP contribution in [-0.2, 0) is 0 Å². The van der Waals surface area contributed by atoms with Crippen molar-refractivity contribution in [2.24, 2.45) is 0 Å². The minimum absolute atomic E-state index is 0.0556. The Morgan fingerprint density at radius 1 is 0.967 bits per heavy atom. The third-order valence-electron chi connectivity index (χ3n) is 5.30. The summed E-state index contributed by atoms with van der Waals surface area (Å²) in [5.41, 5.74) is -0.00973. The first-order valence-electron chi connectivity index (χ1n) is 11.1. The van der Waals surface area contributed by atoms with Gasteiger partial charge in [0.25, 0.3) is 0 Å². The second-order valence-corrected chi connectivity index (χ2v) is 8.59. The monoisotopic (exact) mass is 423 g/mol. The first kappa shape index (κ1) is 28.1. The molecule has 0 bridgehead atoms. The Morgan fingerprint density at radius 3 is 1.87 bits per heavy atom. The van der Waals surface area contributed by atoms with E-state index in [-0.39, 0.29) is 16.0 Å². The highest BCUT2D eigenvalue weighted by atomic mass is 16.5. The first-order valence-corrected chi connectivity index (χ1v) is 11.1. The Bertz CT molecular complexity index is 635. The average molecular weight is 424 g/mol. The van der Waals surface area contributed by atoms with Crippen LogP contribution in [0.2, 0.25) is 0 Å². The van der Waals surface area contributed by atoms with E-state index >= 15 is 0 Å². The van der Waals surface area contributed by atoms with Gasteiger partial charge in [-0.1, -0.05) is 76.2 Å². The molecule has 0 amide bonds. The molecule has 0 spiro atoms. The van der Waals surface area contributed by atoms with Crippen LogP contribution < -0.4 is 5.11 Å². The summed E-state index contributed by atoms with van der Waals surface area (Å²) in [6.07, 6.45) is 11.1. The molecule has 0 heterocycles. The van der Waals surface area contributed by atoms with E-state index in [1.54, 1.807) is 14.1 Å². The van der Waals surface area contributed by atoms with Gasteiger partial charge >= 0.3 is 5.97 Å². The smallest absolute Gasteiger partial charge is 0.335 e. The van der Waals surface area contributed by atoms with E-state index in [1.807, 2.05) is 13.8 Å². The number of rotatable bonds is 13. The zero-order valence-electron chi connectivity index (χ0n) is 19.4. The number of hydrogen-bond donors (Lipinski definition) is 2. The van der Waals surface area contributed by atoms with Crippen molar-refractivity contribution in [3.05, 3.63) is 29.3 Å². The van der Waals surface area contributed by atoms with Crippen molar-refractivity contribution in [1.29, 1.82) is 0 Å². The summed E-state index contributed by atoms with van der Waals surface area (Å²) in [5, 5.41) is 29.3. The molecule has 0 aromatic heterocycles.